The monoisotopic (exact) mass is 263 g/mol. The van der Waals surface area contributed by atoms with Crippen LogP contribution in [-0.4, -0.2) is 36.6 Å². The molecular formula is C16H25NO2. The van der Waals surface area contributed by atoms with E-state index in [9.17, 15) is 4.79 Å². The van der Waals surface area contributed by atoms with Crippen molar-refractivity contribution in [2.75, 3.05) is 13.6 Å². The second-order valence-electron chi connectivity index (χ2n) is 7.88. The Kier molecular flexibility index (Phi) is 2.27. The molecule has 0 amide bonds. The molecule has 0 unspecified atom stereocenters. The Labute approximate surface area is 115 Å². The van der Waals surface area contributed by atoms with Crippen LogP contribution in [0.5, 0.6) is 0 Å². The summed E-state index contributed by atoms with van der Waals surface area (Å²) in [7, 11) is 2.23. The van der Waals surface area contributed by atoms with E-state index in [1.165, 1.54) is 19.4 Å². The first-order valence-electron chi connectivity index (χ1n) is 7.87. The molecule has 4 rings (SSSR count). The number of esters is 1. The molecule has 2 saturated heterocycles. The maximum atomic E-state index is 12.4. The summed E-state index contributed by atoms with van der Waals surface area (Å²) in [5.41, 5.74) is 0.321. The van der Waals surface area contributed by atoms with Gasteiger partial charge in [-0.05, 0) is 43.1 Å². The summed E-state index contributed by atoms with van der Waals surface area (Å²) in [6, 6.07) is 0.458. The van der Waals surface area contributed by atoms with E-state index in [0.717, 1.165) is 5.92 Å². The van der Waals surface area contributed by atoms with Crippen molar-refractivity contribution in [3.8, 4) is 0 Å². The van der Waals surface area contributed by atoms with E-state index in [-0.39, 0.29) is 18.0 Å². The predicted octanol–water partition coefficient (Wildman–Crippen LogP) is 2.16. The normalized spacial score (nSPS) is 55.7. The second kappa shape index (κ2) is 3.55. The molecule has 0 aromatic heterocycles. The smallest absolute Gasteiger partial charge is 0.310 e. The van der Waals surface area contributed by atoms with Gasteiger partial charge < -0.3 is 4.74 Å². The minimum atomic E-state index is 0.110. The van der Waals surface area contributed by atoms with Gasteiger partial charge in [0.25, 0.3) is 0 Å². The highest BCUT2D eigenvalue weighted by Crippen LogP contribution is 2.66. The number of hydrogen-bond donors (Lipinski definition) is 0. The summed E-state index contributed by atoms with van der Waals surface area (Å²) in [4.78, 5) is 14.9. The van der Waals surface area contributed by atoms with E-state index < -0.39 is 0 Å². The zero-order chi connectivity index (χ0) is 13.5. The van der Waals surface area contributed by atoms with Crippen LogP contribution in [0.15, 0.2) is 0 Å². The molecular weight excluding hydrogens is 238 g/mol. The molecule has 7 atom stereocenters. The minimum Gasteiger partial charge on any atom is -0.460 e. The van der Waals surface area contributed by atoms with Crippen LogP contribution >= 0.6 is 0 Å². The number of carbonyl (C=O) groups excluding carboxylic acids is 1. The number of carbonyl (C=O) groups is 1. The summed E-state index contributed by atoms with van der Waals surface area (Å²) in [6.45, 7) is 8.17. The van der Waals surface area contributed by atoms with Crippen molar-refractivity contribution >= 4 is 5.97 Å². The van der Waals surface area contributed by atoms with Crippen LogP contribution in [0, 0.1) is 35.0 Å². The Hall–Kier alpha value is -0.570. The van der Waals surface area contributed by atoms with Gasteiger partial charge >= 0.3 is 5.97 Å². The first-order valence-corrected chi connectivity index (χ1v) is 7.87. The lowest BCUT2D eigenvalue weighted by molar-refractivity contribution is -0.145. The third kappa shape index (κ3) is 1.22. The zero-order valence-corrected chi connectivity index (χ0v) is 12.4. The molecule has 4 fully saturated rings. The molecule has 3 nitrogen and oxygen atoms in total. The number of ether oxygens (including phenoxy) is 1. The van der Waals surface area contributed by atoms with Crippen molar-refractivity contribution in [3.63, 3.8) is 0 Å². The molecule has 2 aliphatic heterocycles. The van der Waals surface area contributed by atoms with E-state index in [1.807, 2.05) is 0 Å². The molecule has 19 heavy (non-hydrogen) atoms. The third-order valence-electron chi connectivity index (χ3n) is 6.96. The van der Waals surface area contributed by atoms with Gasteiger partial charge in [-0.15, -0.1) is 0 Å². The lowest BCUT2D eigenvalue weighted by Crippen LogP contribution is -2.57. The summed E-state index contributed by atoms with van der Waals surface area (Å²) in [6.07, 6.45) is 2.69. The van der Waals surface area contributed by atoms with Gasteiger partial charge in [-0.3, -0.25) is 9.69 Å². The van der Waals surface area contributed by atoms with Gasteiger partial charge in [-0.2, -0.15) is 0 Å². The fraction of sp³-hybridized carbons (Fsp3) is 0.938. The van der Waals surface area contributed by atoms with Gasteiger partial charge in [0.2, 0.25) is 0 Å². The molecule has 0 aromatic rings. The molecule has 2 heterocycles. The standard InChI is InChI=1S/C16H25NO2/c1-8(2)11-12-10-6-5-9-7-17(4)14(16(9,10)3)13(11)19-15(12)18/h8-14H,5-7H2,1-4H3/t9-,10+,11+,12+,13-,14-,16+/m1/s1. The highest BCUT2D eigenvalue weighted by molar-refractivity contribution is 5.77. The lowest BCUT2D eigenvalue weighted by atomic mass is 9.55. The van der Waals surface area contributed by atoms with E-state index in [1.54, 1.807) is 0 Å². The van der Waals surface area contributed by atoms with Crippen molar-refractivity contribution in [2.24, 2.45) is 35.0 Å². The van der Waals surface area contributed by atoms with Crippen LogP contribution in [0.1, 0.15) is 33.6 Å². The average Bonchev–Trinajstić information content (AvgIpc) is 2.86. The van der Waals surface area contributed by atoms with Crippen molar-refractivity contribution < 1.29 is 9.53 Å². The molecule has 3 heteroatoms. The van der Waals surface area contributed by atoms with Crippen LogP contribution in [0.4, 0.5) is 0 Å². The number of hydrogen-bond acceptors (Lipinski definition) is 3. The van der Waals surface area contributed by atoms with E-state index >= 15 is 0 Å². The number of likely N-dealkylation sites (tertiary alicyclic amines) is 1. The number of nitrogens with zero attached hydrogens (tertiary/aromatic N) is 1. The van der Waals surface area contributed by atoms with Crippen LogP contribution in [0.25, 0.3) is 0 Å². The van der Waals surface area contributed by atoms with Crippen LogP contribution in [0.2, 0.25) is 0 Å². The molecule has 4 aliphatic rings. The first kappa shape index (κ1) is 12.2. The molecule has 106 valence electrons. The Bertz CT molecular complexity index is 434. The minimum absolute atomic E-state index is 0.110. The lowest BCUT2D eigenvalue weighted by Gasteiger charge is -2.49. The van der Waals surface area contributed by atoms with Crippen molar-refractivity contribution in [1.29, 1.82) is 0 Å². The fourth-order valence-corrected chi connectivity index (χ4v) is 6.32. The summed E-state index contributed by atoms with van der Waals surface area (Å²) in [5.74, 6) is 2.61. The second-order valence-corrected chi connectivity index (χ2v) is 7.88. The van der Waals surface area contributed by atoms with E-state index in [0.29, 0.717) is 29.2 Å². The molecule has 2 aliphatic carbocycles. The number of fused-ring (bicyclic) bond motifs is 4. The van der Waals surface area contributed by atoms with Gasteiger partial charge in [-0.25, -0.2) is 0 Å². The molecule has 2 bridgehead atoms. The molecule has 0 N–H and O–H groups in total. The van der Waals surface area contributed by atoms with Crippen molar-refractivity contribution in [3.05, 3.63) is 0 Å². The third-order valence-corrected chi connectivity index (χ3v) is 6.96. The fourth-order valence-electron chi connectivity index (χ4n) is 6.32. The zero-order valence-electron chi connectivity index (χ0n) is 12.4. The largest absolute Gasteiger partial charge is 0.460 e. The Balaban J connectivity index is 1.85. The van der Waals surface area contributed by atoms with Crippen LogP contribution in [-0.2, 0) is 9.53 Å². The highest BCUT2D eigenvalue weighted by Gasteiger charge is 2.71. The van der Waals surface area contributed by atoms with E-state index in [4.69, 9.17) is 4.74 Å². The summed E-state index contributed by atoms with van der Waals surface area (Å²) >= 11 is 0. The molecule has 0 spiro atoms. The van der Waals surface area contributed by atoms with Crippen molar-refractivity contribution in [2.45, 2.75) is 45.8 Å². The SMILES string of the molecule is CC(C)[C@@H]1[C@H]2OC(=O)[C@H]1[C@@H]1CC[C@@H]3CN(C)[C@H]2[C@@]31C. The maximum absolute atomic E-state index is 12.4. The highest BCUT2D eigenvalue weighted by atomic mass is 16.6. The number of likely N-dealkylation sites (N-methyl/N-ethyl adjacent to an activating group) is 1. The van der Waals surface area contributed by atoms with Gasteiger partial charge in [-0.1, -0.05) is 20.8 Å². The van der Waals surface area contributed by atoms with Crippen LogP contribution < -0.4 is 0 Å². The predicted molar refractivity (Wildman–Crippen MR) is 72.4 cm³/mol. The van der Waals surface area contributed by atoms with Gasteiger partial charge in [0.15, 0.2) is 0 Å². The molecule has 0 radical (unpaired) electrons. The molecule has 0 aromatic carbocycles. The van der Waals surface area contributed by atoms with Crippen LogP contribution in [0.3, 0.4) is 0 Å². The first-order chi connectivity index (χ1) is 8.96. The molecule has 2 saturated carbocycles. The Morgan fingerprint density at radius 2 is 2.11 bits per heavy atom. The summed E-state index contributed by atoms with van der Waals surface area (Å²) < 4.78 is 5.88. The topological polar surface area (TPSA) is 29.5 Å². The number of rotatable bonds is 1. The van der Waals surface area contributed by atoms with Gasteiger partial charge in [0.1, 0.15) is 6.10 Å². The average molecular weight is 263 g/mol. The maximum Gasteiger partial charge on any atom is 0.310 e. The summed E-state index contributed by atoms with van der Waals surface area (Å²) in [5, 5.41) is 0. The van der Waals surface area contributed by atoms with Gasteiger partial charge in [0.05, 0.1) is 12.0 Å². The van der Waals surface area contributed by atoms with Gasteiger partial charge in [0, 0.05) is 12.5 Å². The van der Waals surface area contributed by atoms with Crippen molar-refractivity contribution in [1.82, 2.24) is 4.90 Å². The van der Waals surface area contributed by atoms with E-state index in [2.05, 4.69) is 32.7 Å². The Morgan fingerprint density at radius 3 is 2.79 bits per heavy atom. The quantitative estimate of drug-likeness (QED) is 0.679. The Morgan fingerprint density at radius 1 is 1.37 bits per heavy atom.